The maximum Gasteiger partial charge on any atom is 0.244 e. The highest BCUT2D eigenvalue weighted by Crippen LogP contribution is 2.26. The average Bonchev–Trinajstić information content (AvgIpc) is 2.23. The third-order valence-electron chi connectivity index (χ3n) is 2.52. The van der Waals surface area contributed by atoms with E-state index in [1.54, 1.807) is 6.07 Å². The van der Waals surface area contributed by atoms with Crippen LogP contribution in [0.4, 0.5) is 5.69 Å². The first kappa shape index (κ1) is 15.3. The van der Waals surface area contributed by atoms with Gasteiger partial charge >= 0.3 is 0 Å². The predicted molar refractivity (Wildman–Crippen MR) is 75.1 cm³/mol. The van der Waals surface area contributed by atoms with Gasteiger partial charge < -0.3 is 5.73 Å². The van der Waals surface area contributed by atoms with Crippen LogP contribution in [0.15, 0.2) is 23.1 Å². The number of hydrogen-bond acceptors (Lipinski definition) is 3. The molecule has 0 spiro atoms. The van der Waals surface area contributed by atoms with Gasteiger partial charge in [-0.25, -0.2) is 13.1 Å². The minimum atomic E-state index is -3.63. The van der Waals surface area contributed by atoms with Gasteiger partial charge in [0.15, 0.2) is 0 Å². The first-order chi connectivity index (χ1) is 8.34. The Hall–Kier alpha value is -0.780. The van der Waals surface area contributed by atoms with Crippen molar-refractivity contribution >= 4 is 27.3 Å². The normalized spacial score (nSPS) is 12.0. The lowest BCUT2D eigenvalue weighted by Gasteiger charge is -2.11. The Morgan fingerprint density at radius 2 is 2.06 bits per heavy atom. The second kappa shape index (κ2) is 6.41. The molecular weight excluding hydrogens is 272 g/mol. The van der Waals surface area contributed by atoms with E-state index in [-0.39, 0.29) is 15.6 Å². The number of anilines is 1. The van der Waals surface area contributed by atoms with Crippen molar-refractivity contribution in [2.24, 2.45) is 5.92 Å². The van der Waals surface area contributed by atoms with Crippen LogP contribution in [0.1, 0.15) is 26.7 Å². The molecule has 0 fully saturated rings. The molecule has 0 aliphatic heterocycles. The monoisotopic (exact) mass is 290 g/mol. The van der Waals surface area contributed by atoms with E-state index < -0.39 is 10.0 Å². The summed E-state index contributed by atoms with van der Waals surface area (Å²) in [5.74, 6) is 0.555. The summed E-state index contributed by atoms with van der Waals surface area (Å²) in [5.41, 5.74) is 5.82. The Bertz CT molecular complexity index is 481. The van der Waals surface area contributed by atoms with E-state index in [1.807, 2.05) is 0 Å². The number of halogens is 1. The van der Waals surface area contributed by atoms with Gasteiger partial charge in [0.1, 0.15) is 4.90 Å². The molecule has 0 saturated carbocycles. The highest BCUT2D eigenvalue weighted by atomic mass is 35.5. The molecule has 1 rings (SSSR count). The topological polar surface area (TPSA) is 72.2 Å². The van der Waals surface area contributed by atoms with Crippen molar-refractivity contribution in [2.45, 2.75) is 31.6 Å². The molecule has 1 aromatic carbocycles. The molecular formula is C12H19ClN2O2S. The summed E-state index contributed by atoms with van der Waals surface area (Å²) in [6, 6.07) is 4.66. The van der Waals surface area contributed by atoms with Crippen LogP contribution < -0.4 is 10.5 Å². The molecule has 3 N–H and O–H groups in total. The fourth-order valence-electron chi connectivity index (χ4n) is 1.60. The van der Waals surface area contributed by atoms with Crippen LogP contribution in [0.2, 0.25) is 5.02 Å². The molecule has 0 unspecified atom stereocenters. The van der Waals surface area contributed by atoms with Crippen LogP contribution in [0.3, 0.4) is 0 Å². The van der Waals surface area contributed by atoms with Crippen LogP contribution in [0.5, 0.6) is 0 Å². The summed E-state index contributed by atoms with van der Waals surface area (Å²) >= 11 is 5.88. The van der Waals surface area contributed by atoms with Crippen LogP contribution in [-0.4, -0.2) is 15.0 Å². The lowest BCUT2D eigenvalue weighted by molar-refractivity contribution is 0.540. The highest BCUT2D eigenvalue weighted by Gasteiger charge is 2.20. The van der Waals surface area contributed by atoms with Gasteiger partial charge in [0.05, 0.1) is 10.7 Å². The summed E-state index contributed by atoms with van der Waals surface area (Å²) in [6.07, 6.45) is 1.77. The zero-order valence-electron chi connectivity index (χ0n) is 10.6. The Kier molecular flexibility index (Phi) is 5.44. The van der Waals surface area contributed by atoms with Gasteiger partial charge in [-0.15, -0.1) is 0 Å². The van der Waals surface area contributed by atoms with Gasteiger partial charge in [-0.1, -0.05) is 31.5 Å². The largest absolute Gasteiger partial charge is 0.398 e. The quantitative estimate of drug-likeness (QED) is 0.625. The molecule has 0 bridgehead atoms. The number of sulfonamides is 1. The first-order valence-corrected chi connectivity index (χ1v) is 7.74. The Balaban J connectivity index is 2.75. The summed E-state index contributed by atoms with van der Waals surface area (Å²) in [5, 5.41) is 0.145. The molecule has 0 aromatic heterocycles. The molecule has 18 heavy (non-hydrogen) atoms. The van der Waals surface area contributed by atoms with E-state index in [0.717, 1.165) is 12.8 Å². The molecule has 6 heteroatoms. The van der Waals surface area contributed by atoms with Crippen molar-refractivity contribution in [2.75, 3.05) is 12.3 Å². The molecule has 0 amide bonds. The fourth-order valence-corrected chi connectivity index (χ4v) is 3.35. The van der Waals surface area contributed by atoms with E-state index in [2.05, 4.69) is 18.6 Å². The minimum absolute atomic E-state index is 0.0313. The fraction of sp³-hybridized carbons (Fsp3) is 0.500. The molecule has 0 aliphatic carbocycles. The van der Waals surface area contributed by atoms with Crippen LogP contribution in [-0.2, 0) is 10.0 Å². The predicted octanol–water partition coefficient (Wildman–Crippen LogP) is 2.64. The summed E-state index contributed by atoms with van der Waals surface area (Å²) in [6.45, 7) is 4.59. The molecule has 0 atom stereocenters. The second-order valence-corrected chi connectivity index (χ2v) is 6.70. The lowest BCUT2D eigenvalue weighted by Crippen LogP contribution is -2.26. The van der Waals surface area contributed by atoms with E-state index in [1.165, 1.54) is 12.1 Å². The Morgan fingerprint density at radius 3 is 2.61 bits per heavy atom. The molecule has 0 aliphatic rings. The van der Waals surface area contributed by atoms with E-state index >= 15 is 0 Å². The summed E-state index contributed by atoms with van der Waals surface area (Å²) in [4.78, 5) is -0.0313. The van der Waals surface area contributed by atoms with Gasteiger partial charge in [-0.3, -0.25) is 0 Å². The van der Waals surface area contributed by atoms with Crippen molar-refractivity contribution < 1.29 is 8.42 Å². The molecule has 0 heterocycles. The molecule has 0 saturated heterocycles. The average molecular weight is 291 g/mol. The number of nitrogens with one attached hydrogen (secondary N) is 1. The van der Waals surface area contributed by atoms with Crippen molar-refractivity contribution in [1.82, 2.24) is 4.72 Å². The maximum atomic E-state index is 12.0. The molecule has 102 valence electrons. The highest BCUT2D eigenvalue weighted by molar-refractivity contribution is 7.89. The van der Waals surface area contributed by atoms with Crippen LogP contribution in [0, 0.1) is 5.92 Å². The van der Waals surface area contributed by atoms with Crippen molar-refractivity contribution in [3.63, 3.8) is 0 Å². The number of nitrogens with two attached hydrogens (primary N) is 1. The smallest absolute Gasteiger partial charge is 0.244 e. The number of benzene rings is 1. The molecule has 4 nitrogen and oxygen atoms in total. The number of nitrogen functional groups attached to an aromatic ring is 1. The standard InChI is InChI=1S/C12H19ClN2O2S/c1-9(2)5-4-8-15-18(16,17)12-10(13)6-3-7-11(12)14/h3,6-7,9,15H,4-5,8,14H2,1-2H3. The second-order valence-electron chi connectivity index (χ2n) is 4.59. The van der Waals surface area contributed by atoms with Crippen molar-refractivity contribution in [1.29, 1.82) is 0 Å². The molecule has 1 aromatic rings. The van der Waals surface area contributed by atoms with Gasteiger partial charge in [-0.05, 0) is 30.9 Å². The zero-order valence-corrected chi connectivity index (χ0v) is 12.2. The Labute approximate surface area is 114 Å². The van der Waals surface area contributed by atoms with Crippen LogP contribution in [0.25, 0.3) is 0 Å². The number of rotatable bonds is 6. The first-order valence-electron chi connectivity index (χ1n) is 5.88. The zero-order chi connectivity index (χ0) is 13.8. The third kappa shape index (κ3) is 4.15. The van der Waals surface area contributed by atoms with Gasteiger partial charge in [0.2, 0.25) is 10.0 Å². The summed E-state index contributed by atoms with van der Waals surface area (Å²) in [7, 11) is -3.63. The van der Waals surface area contributed by atoms with Gasteiger partial charge in [0.25, 0.3) is 0 Å². The SMILES string of the molecule is CC(C)CCCNS(=O)(=O)c1c(N)cccc1Cl. The number of hydrogen-bond donors (Lipinski definition) is 2. The summed E-state index contributed by atoms with van der Waals surface area (Å²) < 4.78 is 26.6. The van der Waals surface area contributed by atoms with Gasteiger partial charge in [-0.2, -0.15) is 0 Å². The third-order valence-corrected chi connectivity index (χ3v) is 4.52. The Morgan fingerprint density at radius 1 is 1.39 bits per heavy atom. The molecule has 0 radical (unpaired) electrons. The van der Waals surface area contributed by atoms with E-state index in [0.29, 0.717) is 12.5 Å². The van der Waals surface area contributed by atoms with E-state index in [4.69, 9.17) is 17.3 Å². The van der Waals surface area contributed by atoms with Crippen molar-refractivity contribution in [3.8, 4) is 0 Å². The maximum absolute atomic E-state index is 12.0. The van der Waals surface area contributed by atoms with Crippen LogP contribution >= 0.6 is 11.6 Å². The lowest BCUT2D eigenvalue weighted by atomic mass is 10.1. The van der Waals surface area contributed by atoms with Gasteiger partial charge in [0, 0.05) is 6.54 Å². The van der Waals surface area contributed by atoms with Crippen molar-refractivity contribution in [3.05, 3.63) is 23.2 Å². The minimum Gasteiger partial charge on any atom is -0.398 e. The van der Waals surface area contributed by atoms with E-state index in [9.17, 15) is 8.42 Å².